The van der Waals surface area contributed by atoms with Gasteiger partial charge in [0.2, 0.25) is 5.91 Å². The summed E-state index contributed by atoms with van der Waals surface area (Å²) >= 11 is 1.66. The molecule has 0 aliphatic carbocycles. The Balaban J connectivity index is 1.92. The molecule has 0 N–H and O–H groups in total. The van der Waals surface area contributed by atoms with Crippen molar-refractivity contribution in [2.45, 2.75) is 31.6 Å². The maximum Gasteiger partial charge on any atom is 0.232 e. The third kappa shape index (κ3) is 3.25. The van der Waals surface area contributed by atoms with E-state index in [0.29, 0.717) is 5.75 Å². The summed E-state index contributed by atoms with van der Waals surface area (Å²) in [6.07, 6.45) is 2.33. The summed E-state index contributed by atoms with van der Waals surface area (Å²) in [6, 6.07) is 6.40. The first-order valence-electron chi connectivity index (χ1n) is 6.14. The summed E-state index contributed by atoms with van der Waals surface area (Å²) in [5.74, 6) is 0.859. The average Bonchev–Trinajstić information content (AvgIpc) is 2.83. The van der Waals surface area contributed by atoms with Gasteiger partial charge in [0.15, 0.2) is 0 Å². The van der Waals surface area contributed by atoms with E-state index in [9.17, 15) is 4.79 Å². The molecular weight excluding hydrogens is 230 g/mol. The summed E-state index contributed by atoms with van der Waals surface area (Å²) in [5, 5.41) is 0. The number of likely N-dealkylation sites (tertiary alicyclic amines) is 1. The van der Waals surface area contributed by atoms with E-state index >= 15 is 0 Å². The highest BCUT2D eigenvalue weighted by Crippen LogP contribution is 2.24. The molecule has 0 radical (unpaired) electrons. The zero-order valence-electron chi connectivity index (χ0n) is 10.5. The molecule has 0 atom stereocenters. The first kappa shape index (κ1) is 12.5. The molecule has 1 aromatic rings. The maximum absolute atomic E-state index is 11.9. The van der Waals surface area contributed by atoms with E-state index in [-0.39, 0.29) is 5.91 Å². The lowest BCUT2D eigenvalue weighted by atomic mass is 10.2. The maximum atomic E-state index is 11.9. The second kappa shape index (κ2) is 5.58. The predicted octanol–water partition coefficient (Wildman–Crippen LogP) is 3.02. The molecule has 3 heteroatoms. The summed E-state index contributed by atoms with van der Waals surface area (Å²) in [4.78, 5) is 15.1. The molecule has 1 aliphatic heterocycles. The van der Waals surface area contributed by atoms with Gasteiger partial charge in [-0.2, -0.15) is 0 Å². The number of hydrogen-bond acceptors (Lipinski definition) is 2. The molecule has 1 heterocycles. The van der Waals surface area contributed by atoms with Crippen molar-refractivity contribution >= 4 is 17.7 Å². The Hall–Kier alpha value is -0.960. The van der Waals surface area contributed by atoms with Gasteiger partial charge in [-0.15, -0.1) is 11.8 Å². The minimum Gasteiger partial charge on any atom is -0.342 e. The van der Waals surface area contributed by atoms with Crippen LogP contribution in [0.2, 0.25) is 0 Å². The topological polar surface area (TPSA) is 20.3 Å². The molecule has 2 rings (SSSR count). The minimum atomic E-state index is 0.286. The number of rotatable bonds is 3. The lowest BCUT2D eigenvalue weighted by Crippen LogP contribution is -2.29. The molecule has 1 amide bonds. The van der Waals surface area contributed by atoms with E-state index < -0.39 is 0 Å². The van der Waals surface area contributed by atoms with E-state index in [2.05, 4.69) is 32.0 Å². The summed E-state index contributed by atoms with van der Waals surface area (Å²) in [6.45, 7) is 6.09. The van der Waals surface area contributed by atoms with Crippen LogP contribution in [-0.4, -0.2) is 29.6 Å². The molecular formula is C14H19NOS. The van der Waals surface area contributed by atoms with Gasteiger partial charge in [-0.3, -0.25) is 4.79 Å². The van der Waals surface area contributed by atoms with Crippen molar-refractivity contribution in [3.63, 3.8) is 0 Å². The highest BCUT2D eigenvalue weighted by Gasteiger charge is 2.17. The van der Waals surface area contributed by atoms with E-state index in [1.54, 1.807) is 11.8 Å². The Kier molecular flexibility index (Phi) is 4.11. The SMILES string of the molecule is Cc1ccc(C)c(SCC(=O)N2CCCC2)c1. The van der Waals surface area contributed by atoms with Crippen molar-refractivity contribution in [2.75, 3.05) is 18.8 Å². The van der Waals surface area contributed by atoms with Gasteiger partial charge in [0, 0.05) is 18.0 Å². The van der Waals surface area contributed by atoms with Gasteiger partial charge in [-0.1, -0.05) is 17.7 Å². The van der Waals surface area contributed by atoms with Gasteiger partial charge in [0.1, 0.15) is 0 Å². The molecule has 1 saturated heterocycles. The summed E-state index contributed by atoms with van der Waals surface area (Å²) in [5.41, 5.74) is 2.52. The van der Waals surface area contributed by atoms with Gasteiger partial charge in [-0.05, 0) is 38.3 Å². The lowest BCUT2D eigenvalue weighted by Gasteiger charge is -2.15. The van der Waals surface area contributed by atoms with Gasteiger partial charge in [0.25, 0.3) is 0 Å². The average molecular weight is 249 g/mol. The highest BCUT2D eigenvalue weighted by atomic mass is 32.2. The Labute approximate surface area is 107 Å². The highest BCUT2D eigenvalue weighted by molar-refractivity contribution is 8.00. The lowest BCUT2D eigenvalue weighted by molar-refractivity contribution is -0.127. The van der Waals surface area contributed by atoms with Crippen molar-refractivity contribution in [1.29, 1.82) is 0 Å². The van der Waals surface area contributed by atoms with Gasteiger partial charge in [-0.25, -0.2) is 0 Å². The predicted molar refractivity (Wildman–Crippen MR) is 72.5 cm³/mol. The summed E-state index contributed by atoms with van der Waals surface area (Å²) in [7, 11) is 0. The first-order chi connectivity index (χ1) is 8.16. The van der Waals surface area contributed by atoms with Crippen LogP contribution in [0.4, 0.5) is 0 Å². The number of benzene rings is 1. The Morgan fingerprint density at radius 2 is 2.00 bits per heavy atom. The van der Waals surface area contributed by atoms with E-state index in [1.807, 2.05) is 4.90 Å². The monoisotopic (exact) mass is 249 g/mol. The van der Waals surface area contributed by atoms with Crippen molar-refractivity contribution in [2.24, 2.45) is 0 Å². The fourth-order valence-corrected chi connectivity index (χ4v) is 3.09. The van der Waals surface area contributed by atoms with E-state index in [4.69, 9.17) is 0 Å². The molecule has 0 saturated carbocycles. The van der Waals surface area contributed by atoms with Crippen molar-refractivity contribution in [3.05, 3.63) is 29.3 Å². The normalized spacial score (nSPS) is 15.3. The smallest absolute Gasteiger partial charge is 0.232 e. The second-order valence-corrected chi connectivity index (χ2v) is 5.66. The van der Waals surface area contributed by atoms with Crippen molar-refractivity contribution in [1.82, 2.24) is 4.90 Å². The number of hydrogen-bond donors (Lipinski definition) is 0. The first-order valence-corrected chi connectivity index (χ1v) is 7.13. The van der Waals surface area contributed by atoms with Crippen molar-refractivity contribution in [3.8, 4) is 0 Å². The fourth-order valence-electron chi connectivity index (χ4n) is 2.06. The Morgan fingerprint density at radius 1 is 1.29 bits per heavy atom. The summed E-state index contributed by atoms with van der Waals surface area (Å²) < 4.78 is 0. The fraction of sp³-hybridized carbons (Fsp3) is 0.500. The number of thioether (sulfide) groups is 1. The quantitative estimate of drug-likeness (QED) is 0.767. The van der Waals surface area contributed by atoms with Gasteiger partial charge >= 0.3 is 0 Å². The van der Waals surface area contributed by atoms with E-state index in [1.165, 1.54) is 28.9 Å². The Bertz CT molecular complexity index is 411. The number of carbonyl (C=O) groups excluding carboxylic acids is 1. The van der Waals surface area contributed by atoms with Gasteiger partial charge < -0.3 is 4.90 Å². The van der Waals surface area contributed by atoms with Gasteiger partial charge in [0.05, 0.1) is 5.75 Å². The minimum absolute atomic E-state index is 0.286. The van der Waals surface area contributed by atoms with Crippen LogP contribution in [0.15, 0.2) is 23.1 Å². The van der Waals surface area contributed by atoms with Crippen LogP contribution >= 0.6 is 11.8 Å². The molecule has 92 valence electrons. The van der Waals surface area contributed by atoms with Crippen LogP contribution in [0, 0.1) is 13.8 Å². The number of nitrogens with zero attached hydrogens (tertiary/aromatic N) is 1. The number of amides is 1. The molecule has 0 spiro atoms. The van der Waals surface area contributed by atoms with Crippen LogP contribution in [0.1, 0.15) is 24.0 Å². The Morgan fingerprint density at radius 3 is 2.71 bits per heavy atom. The van der Waals surface area contributed by atoms with Crippen LogP contribution in [0.3, 0.4) is 0 Å². The zero-order valence-corrected chi connectivity index (χ0v) is 11.3. The third-order valence-corrected chi connectivity index (χ3v) is 4.30. The third-order valence-electron chi connectivity index (χ3n) is 3.15. The largest absolute Gasteiger partial charge is 0.342 e. The van der Waals surface area contributed by atoms with Crippen LogP contribution in [0.5, 0.6) is 0 Å². The van der Waals surface area contributed by atoms with Crippen LogP contribution in [-0.2, 0) is 4.79 Å². The molecule has 17 heavy (non-hydrogen) atoms. The van der Waals surface area contributed by atoms with Crippen LogP contribution < -0.4 is 0 Å². The molecule has 0 bridgehead atoms. The molecule has 2 nitrogen and oxygen atoms in total. The van der Waals surface area contributed by atoms with Crippen LogP contribution in [0.25, 0.3) is 0 Å². The molecule has 1 fully saturated rings. The molecule has 0 aromatic heterocycles. The molecule has 0 unspecified atom stereocenters. The molecule has 1 aliphatic rings. The van der Waals surface area contributed by atoms with Crippen molar-refractivity contribution < 1.29 is 4.79 Å². The molecule has 1 aromatic carbocycles. The second-order valence-electron chi connectivity index (χ2n) is 4.65. The number of aryl methyl sites for hydroxylation is 2. The number of carbonyl (C=O) groups is 1. The standard InChI is InChI=1S/C14H19NOS/c1-11-5-6-12(2)13(9-11)17-10-14(16)15-7-3-4-8-15/h5-6,9H,3-4,7-8,10H2,1-2H3. The zero-order chi connectivity index (χ0) is 12.3. The van der Waals surface area contributed by atoms with E-state index in [0.717, 1.165) is 13.1 Å².